The van der Waals surface area contributed by atoms with Crippen LogP contribution in [0, 0.1) is 0 Å². The maximum atomic E-state index is 14.4. The predicted molar refractivity (Wildman–Crippen MR) is 171 cm³/mol. The molecule has 4 aromatic carbocycles. The van der Waals surface area contributed by atoms with Crippen molar-refractivity contribution in [1.29, 1.82) is 0 Å². The number of ether oxygens (including phenoxy) is 1. The maximum absolute atomic E-state index is 14.4. The molecule has 232 valence electrons. The van der Waals surface area contributed by atoms with E-state index in [0.29, 0.717) is 27.6 Å². The Morgan fingerprint density at radius 2 is 1.54 bits per heavy atom. The zero-order valence-corrected chi connectivity index (χ0v) is 25.7. The van der Waals surface area contributed by atoms with Crippen LogP contribution in [0.4, 0.5) is 0 Å². The smallest absolute Gasteiger partial charge is 0.335 e. The van der Waals surface area contributed by atoms with Crippen LogP contribution in [0.15, 0.2) is 126 Å². The third kappa shape index (κ3) is 6.10. The molecule has 2 atom stereocenters. The van der Waals surface area contributed by atoms with Crippen molar-refractivity contribution in [3.8, 4) is 22.6 Å². The summed E-state index contributed by atoms with van der Waals surface area (Å²) in [6, 6.07) is 29.4. The molecule has 9 nitrogen and oxygen atoms in total. The van der Waals surface area contributed by atoms with Crippen LogP contribution in [-0.2, 0) is 21.4 Å². The summed E-state index contributed by atoms with van der Waals surface area (Å²) >= 11 is 6.01. The van der Waals surface area contributed by atoms with E-state index >= 15 is 0 Å². The van der Waals surface area contributed by atoms with Gasteiger partial charge in [-0.3, -0.25) is 9.78 Å². The lowest BCUT2D eigenvalue weighted by atomic mass is 10.0. The van der Waals surface area contributed by atoms with E-state index in [1.807, 2.05) is 12.1 Å². The lowest BCUT2D eigenvalue weighted by Gasteiger charge is -2.30. The highest BCUT2D eigenvalue weighted by atomic mass is 35.5. The van der Waals surface area contributed by atoms with Gasteiger partial charge >= 0.3 is 11.9 Å². The number of pyridine rings is 1. The van der Waals surface area contributed by atoms with Crippen LogP contribution < -0.4 is 4.74 Å². The van der Waals surface area contributed by atoms with E-state index in [-0.39, 0.29) is 23.4 Å². The standard InChI is InChI=1S/C35H27ClN2O7S/c36-28-13-9-24(10-14-28)25-11-15-31(16-12-25)46(43,44)38(22-23-4-1-6-27(18-23)33(39)40)35(34(41)42)20-32(35)26-5-2-7-29(19-26)45-30-8-3-17-37-21-30/h1-19,21,32H,20,22H2,(H,39,40)(H,41,42)/t32-,35+/m0/s1. The van der Waals surface area contributed by atoms with Gasteiger partial charge in [-0.1, -0.05) is 60.1 Å². The topological polar surface area (TPSA) is 134 Å². The second-order valence-electron chi connectivity index (χ2n) is 10.9. The van der Waals surface area contributed by atoms with Gasteiger partial charge in [0, 0.05) is 23.7 Å². The molecule has 0 bridgehead atoms. The van der Waals surface area contributed by atoms with Crippen LogP contribution in [-0.4, -0.2) is 45.4 Å². The molecular weight excluding hydrogens is 628 g/mol. The first-order valence-corrected chi connectivity index (χ1v) is 16.0. The third-order valence-corrected chi connectivity index (χ3v) is 10.2. The fourth-order valence-electron chi connectivity index (χ4n) is 5.60. The number of benzene rings is 4. The summed E-state index contributed by atoms with van der Waals surface area (Å²) in [6.07, 6.45) is 3.16. The SMILES string of the molecule is O=C(O)c1cccc(CN([C@]2(C(=O)O)C[C@H]2c2cccc(Oc3cccnc3)c2)S(=O)(=O)c2ccc(-c3ccc(Cl)cc3)cc2)c1. The monoisotopic (exact) mass is 654 g/mol. The molecular formula is C35H27ClN2O7S. The van der Waals surface area contributed by atoms with E-state index < -0.39 is 33.4 Å². The average molecular weight is 655 g/mol. The summed E-state index contributed by atoms with van der Waals surface area (Å²) in [4.78, 5) is 28.8. The number of hydrogen-bond acceptors (Lipinski definition) is 6. The summed E-state index contributed by atoms with van der Waals surface area (Å²) in [6.45, 7) is -0.364. The van der Waals surface area contributed by atoms with Gasteiger partial charge in [-0.15, -0.1) is 0 Å². The Balaban J connectivity index is 1.39. The minimum Gasteiger partial charge on any atom is -0.480 e. The average Bonchev–Trinajstić information content (AvgIpc) is 3.82. The molecule has 46 heavy (non-hydrogen) atoms. The first-order chi connectivity index (χ1) is 22.1. The quantitative estimate of drug-likeness (QED) is 0.154. The normalized spacial score (nSPS) is 17.4. The van der Waals surface area contributed by atoms with Crippen molar-refractivity contribution >= 4 is 33.6 Å². The van der Waals surface area contributed by atoms with Crippen molar-refractivity contribution in [1.82, 2.24) is 9.29 Å². The van der Waals surface area contributed by atoms with Gasteiger partial charge in [0.2, 0.25) is 10.0 Å². The largest absolute Gasteiger partial charge is 0.480 e. The summed E-state index contributed by atoms with van der Waals surface area (Å²) in [5.41, 5.74) is 0.605. The number of rotatable bonds is 11. The van der Waals surface area contributed by atoms with E-state index in [4.69, 9.17) is 16.3 Å². The van der Waals surface area contributed by atoms with Gasteiger partial charge in [-0.05, 0) is 89.3 Å². The van der Waals surface area contributed by atoms with Gasteiger partial charge in [-0.2, -0.15) is 4.31 Å². The number of hydrogen-bond donors (Lipinski definition) is 2. The number of aromatic carboxylic acids is 1. The molecule has 1 aliphatic rings. The Morgan fingerprint density at radius 3 is 2.20 bits per heavy atom. The zero-order chi connectivity index (χ0) is 32.5. The first kappa shape index (κ1) is 31.0. The number of sulfonamides is 1. The third-order valence-electron chi connectivity index (χ3n) is 8.00. The minimum atomic E-state index is -4.43. The van der Waals surface area contributed by atoms with Gasteiger partial charge in [0.1, 0.15) is 17.0 Å². The molecule has 0 amide bonds. The summed E-state index contributed by atoms with van der Waals surface area (Å²) in [7, 11) is -4.43. The summed E-state index contributed by atoms with van der Waals surface area (Å²) in [5.74, 6) is -2.28. The Kier molecular flexibility index (Phi) is 8.35. The molecule has 0 unspecified atom stereocenters. The van der Waals surface area contributed by atoms with E-state index in [9.17, 15) is 28.2 Å². The highest BCUT2D eigenvalue weighted by Crippen LogP contribution is 2.58. The van der Waals surface area contributed by atoms with Crippen LogP contribution in [0.25, 0.3) is 11.1 Å². The molecule has 2 N–H and O–H groups in total. The Morgan fingerprint density at radius 1 is 0.870 bits per heavy atom. The van der Waals surface area contributed by atoms with Gasteiger partial charge in [0.25, 0.3) is 0 Å². The fourth-order valence-corrected chi connectivity index (χ4v) is 7.49. The van der Waals surface area contributed by atoms with Crippen LogP contribution in [0.5, 0.6) is 11.5 Å². The fraction of sp³-hybridized carbons (Fsp3) is 0.114. The molecule has 11 heteroatoms. The van der Waals surface area contributed by atoms with Gasteiger partial charge < -0.3 is 14.9 Å². The maximum Gasteiger partial charge on any atom is 0.335 e. The molecule has 1 heterocycles. The molecule has 0 spiro atoms. The van der Waals surface area contributed by atoms with Crippen molar-refractivity contribution < 1.29 is 33.0 Å². The van der Waals surface area contributed by atoms with Crippen LogP contribution in [0.2, 0.25) is 5.02 Å². The summed E-state index contributed by atoms with van der Waals surface area (Å²) < 4.78 is 35.7. The highest BCUT2D eigenvalue weighted by Gasteiger charge is 2.68. The molecule has 1 fully saturated rings. The second-order valence-corrected chi connectivity index (χ2v) is 13.2. The van der Waals surface area contributed by atoms with E-state index in [0.717, 1.165) is 15.4 Å². The van der Waals surface area contributed by atoms with Crippen LogP contribution >= 0.6 is 11.6 Å². The van der Waals surface area contributed by atoms with Crippen LogP contribution in [0.1, 0.15) is 33.8 Å². The predicted octanol–water partition coefficient (Wildman–Crippen LogP) is 7.09. The molecule has 1 saturated carbocycles. The van der Waals surface area contributed by atoms with Crippen molar-refractivity contribution in [2.24, 2.45) is 0 Å². The first-order valence-electron chi connectivity index (χ1n) is 14.2. The van der Waals surface area contributed by atoms with Crippen LogP contribution in [0.3, 0.4) is 0 Å². The highest BCUT2D eigenvalue weighted by molar-refractivity contribution is 7.89. The number of aliphatic carboxylic acids is 1. The Hall–Kier alpha value is -5.03. The number of aromatic nitrogens is 1. The van der Waals surface area contributed by atoms with Gasteiger partial charge in [0.05, 0.1) is 16.7 Å². The zero-order valence-electron chi connectivity index (χ0n) is 24.2. The van der Waals surface area contributed by atoms with Crippen molar-refractivity contribution in [2.45, 2.75) is 29.3 Å². The van der Waals surface area contributed by atoms with E-state index in [2.05, 4.69) is 4.98 Å². The molecule has 0 aliphatic heterocycles. The molecule has 1 aromatic heterocycles. The number of carboxylic acids is 2. The number of halogens is 1. The van der Waals surface area contributed by atoms with Crippen molar-refractivity contribution in [3.63, 3.8) is 0 Å². The summed E-state index contributed by atoms with van der Waals surface area (Å²) in [5, 5.41) is 20.8. The van der Waals surface area contributed by atoms with E-state index in [1.165, 1.54) is 30.3 Å². The van der Waals surface area contributed by atoms with Gasteiger partial charge in [0.15, 0.2) is 0 Å². The number of carbonyl (C=O) groups is 2. The molecule has 1 aliphatic carbocycles. The second kappa shape index (κ2) is 12.4. The van der Waals surface area contributed by atoms with E-state index in [1.54, 1.807) is 79.1 Å². The van der Waals surface area contributed by atoms with Gasteiger partial charge in [-0.25, -0.2) is 13.2 Å². The minimum absolute atomic E-state index is 0.000606. The van der Waals surface area contributed by atoms with Crippen molar-refractivity contribution in [2.75, 3.05) is 0 Å². The number of nitrogens with zero attached hydrogens (tertiary/aromatic N) is 2. The Bertz CT molecular complexity index is 2020. The lowest BCUT2D eigenvalue weighted by Crippen LogP contribution is -2.48. The Labute approximate surface area is 270 Å². The molecule has 0 radical (unpaired) electrons. The molecule has 0 saturated heterocycles. The molecule has 5 aromatic rings. The lowest BCUT2D eigenvalue weighted by molar-refractivity contribution is -0.143. The molecule has 6 rings (SSSR count). The number of carboxylic acid groups (broad SMARTS) is 2. The van der Waals surface area contributed by atoms with Crippen molar-refractivity contribution in [3.05, 3.63) is 143 Å².